The number of amides is 1. The van der Waals surface area contributed by atoms with Crippen molar-refractivity contribution in [3.05, 3.63) is 29.8 Å². The van der Waals surface area contributed by atoms with Crippen molar-refractivity contribution in [2.45, 2.75) is 40.0 Å². The largest absolute Gasteiger partial charge is 0.497 e. The van der Waals surface area contributed by atoms with Gasteiger partial charge >= 0.3 is 0 Å². The number of nitrogens with one attached hydrogen (secondary N) is 3. The minimum atomic E-state index is -0.137. The lowest BCUT2D eigenvalue weighted by Crippen LogP contribution is -2.42. The zero-order chi connectivity index (χ0) is 20.8. The van der Waals surface area contributed by atoms with Crippen LogP contribution in [0.15, 0.2) is 29.3 Å². The summed E-state index contributed by atoms with van der Waals surface area (Å²) in [7, 11) is 1.58. The van der Waals surface area contributed by atoms with E-state index in [2.05, 4.69) is 29.8 Å². The van der Waals surface area contributed by atoms with E-state index in [0.717, 1.165) is 31.8 Å². The predicted octanol–water partition coefficient (Wildman–Crippen LogP) is 2.17. The van der Waals surface area contributed by atoms with Crippen LogP contribution in [0.3, 0.4) is 0 Å². The Morgan fingerprint density at radius 3 is 2.46 bits per heavy atom. The molecule has 0 atom stereocenters. The second-order valence-corrected chi connectivity index (χ2v) is 6.79. The van der Waals surface area contributed by atoms with Gasteiger partial charge in [-0.2, -0.15) is 0 Å². The number of hydrogen-bond donors (Lipinski definition) is 4. The summed E-state index contributed by atoms with van der Waals surface area (Å²) in [6.45, 7) is 8.93. The average molecular weight is 393 g/mol. The third-order valence-corrected chi connectivity index (χ3v) is 5.09. The van der Waals surface area contributed by atoms with Crippen molar-refractivity contribution >= 4 is 11.9 Å². The van der Waals surface area contributed by atoms with Crippen molar-refractivity contribution in [3.8, 4) is 5.75 Å². The molecule has 0 aromatic heterocycles. The molecule has 1 aromatic carbocycles. The normalized spacial score (nSPS) is 11.8. The molecular weight excluding hydrogens is 356 g/mol. The van der Waals surface area contributed by atoms with E-state index in [-0.39, 0.29) is 17.9 Å². The third-order valence-electron chi connectivity index (χ3n) is 5.09. The number of nitrogens with zero attached hydrogens (tertiary/aromatic N) is 1. The smallest absolute Gasteiger partial charge is 0.251 e. The van der Waals surface area contributed by atoms with Crippen LogP contribution in [0.1, 0.15) is 50.4 Å². The molecule has 158 valence electrons. The molecule has 0 spiro atoms. The molecule has 7 nitrogen and oxygen atoms in total. The maximum atomic E-state index is 12.2. The average Bonchev–Trinajstić information content (AvgIpc) is 2.73. The summed E-state index contributed by atoms with van der Waals surface area (Å²) >= 11 is 0. The van der Waals surface area contributed by atoms with Gasteiger partial charge in [0.25, 0.3) is 5.91 Å². The zero-order valence-corrected chi connectivity index (χ0v) is 17.7. The summed E-state index contributed by atoms with van der Waals surface area (Å²) in [6, 6.07) is 7.07. The van der Waals surface area contributed by atoms with Crippen LogP contribution >= 0.6 is 0 Å². The molecule has 0 saturated carbocycles. The number of aliphatic imine (C=N–C) groups is 1. The Labute approximate surface area is 169 Å². The quantitative estimate of drug-likeness (QED) is 0.248. The second kappa shape index (κ2) is 13.0. The molecule has 0 aliphatic carbocycles. The van der Waals surface area contributed by atoms with E-state index in [1.165, 1.54) is 0 Å². The molecule has 0 unspecified atom stereocenters. The minimum absolute atomic E-state index is 0.0255. The highest BCUT2D eigenvalue weighted by Gasteiger charge is 2.25. The van der Waals surface area contributed by atoms with Crippen molar-refractivity contribution in [2.75, 3.05) is 39.9 Å². The summed E-state index contributed by atoms with van der Waals surface area (Å²) in [5, 5.41) is 18.7. The summed E-state index contributed by atoms with van der Waals surface area (Å²) in [5.41, 5.74) is 0.595. The fourth-order valence-electron chi connectivity index (χ4n) is 2.96. The summed E-state index contributed by atoms with van der Waals surface area (Å²) in [6.07, 6.45) is 2.70. The van der Waals surface area contributed by atoms with E-state index in [1.54, 1.807) is 31.4 Å². The van der Waals surface area contributed by atoms with Gasteiger partial charge in [0.2, 0.25) is 0 Å². The lowest BCUT2D eigenvalue weighted by Gasteiger charge is -2.29. The Balaban J connectivity index is 2.55. The number of aliphatic hydroxyl groups excluding tert-OH is 1. The number of aliphatic hydroxyl groups is 1. The summed E-state index contributed by atoms with van der Waals surface area (Å²) in [4.78, 5) is 16.9. The van der Waals surface area contributed by atoms with Gasteiger partial charge in [-0.3, -0.25) is 9.79 Å². The SMILES string of the molecule is CCNC(=NCC(CC)(CC)CCO)NCCNC(=O)c1cccc(OC)c1. The van der Waals surface area contributed by atoms with Crippen LogP contribution in [0.4, 0.5) is 0 Å². The Morgan fingerprint density at radius 2 is 1.86 bits per heavy atom. The molecule has 0 heterocycles. The maximum Gasteiger partial charge on any atom is 0.251 e. The highest BCUT2D eigenvalue weighted by molar-refractivity contribution is 5.94. The molecule has 0 saturated heterocycles. The number of benzene rings is 1. The molecule has 4 N–H and O–H groups in total. The molecule has 0 bridgehead atoms. The number of guanidine groups is 1. The van der Waals surface area contributed by atoms with Gasteiger partial charge in [-0.05, 0) is 49.8 Å². The van der Waals surface area contributed by atoms with E-state index < -0.39 is 0 Å². The van der Waals surface area contributed by atoms with Crippen LogP contribution in [0, 0.1) is 5.41 Å². The Hall–Kier alpha value is -2.28. The fourth-order valence-corrected chi connectivity index (χ4v) is 2.96. The van der Waals surface area contributed by atoms with Crippen molar-refractivity contribution in [1.82, 2.24) is 16.0 Å². The van der Waals surface area contributed by atoms with Crippen LogP contribution in [0.2, 0.25) is 0 Å². The lowest BCUT2D eigenvalue weighted by atomic mass is 9.79. The van der Waals surface area contributed by atoms with E-state index in [0.29, 0.717) is 30.9 Å². The maximum absolute atomic E-state index is 12.2. The molecule has 0 aliphatic heterocycles. The van der Waals surface area contributed by atoms with Crippen molar-refractivity contribution in [1.29, 1.82) is 0 Å². The van der Waals surface area contributed by atoms with E-state index in [4.69, 9.17) is 9.73 Å². The van der Waals surface area contributed by atoms with Gasteiger partial charge in [-0.15, -0.1) is 0 Å². The zero-order valence-electron chi connectivity index (χ0n) is 17.7. The molecule has 0 aliphatic rings. The summed E-state index contributed by atoms with van der Waals surface area (Å²) < 4.78 is 5.15. The molecule has 0 fully saturated rings. The number of rotatable bonds is 12. The molecule has 1 rings (SSSR count). The van der Waals surface area contributed by atoms with Crippen LogP contribution < -0.4 is 20.7 Å². The Morgan fingerprint density at radius 1 is 1.14 bits per heavy atom. The minimum Gasteiger partial charge on any atom is -0.497 e. The van der Waals surface area contributed by atoms with E-state index >= 15 is 0 Å². The van der Waals surface area contributed by atoms with Crippen molar-refractivity contribution in [2.24, 2.45) is 10.4 Å². The third kappa shape index (κ3) is 7.76. The number of carbonyl (C=O) groups is 1. The number of carbonyl (C=O) groups excluding carboxylic acids is 1. The number of hydrogen-bond acceptors (Lipinski definition) is 4. The monoisotopic (exact) mass is 392 g/mol. The summed E-state index contributed by atoms with van der Waals surface area (Å²) in [5.74, 6) is 1.24. The van der Waals surface area contributed by atoms with Gasteiger partial charge in [-0.1, -0.05) is 19.9 Å². The fraction of sp³-hybridized carbons (Fsp3) is 0.619. The van der Waals surface area contributed by atoms with Gasteiger partial charge in [0, 0.05) is 38.3 Å². The van der Waals surface area contributed by atoms with Crippen LogP contribution in [-0.4, -0.2) is 56.9 Å². The Bertz CT molecular complexity index is 615. The second-order valence-electron chi connectivity index (χ2n) is 6.79. The lowest BCUT2D eigenvalue weighted by molar-refractivity contribution is 0.0954. The molecular formula is C21H36N4O3. The van der Waals surface area contributed by atoms with Crippen LogP contribution in [0.5, 0.6) is 5.75 Å². The standard InChI is InChI=1S/C21H36N4O3/c1-5-21(6-2,11-14-26)16-25-20(22-7-3)24-13-12-23-19(27)17-9-8-10-18(15-17)28-4/h8-10,15,26H,5-7,11-14,16H2,1-4H3,(H,23,27)(H2,22,24,25). The van der Waals surface area contributed by atoms with Gasteiger partial charge < -0.3 is 25.8 Å². The van der Waals surface area contributed by atoms with E-state index in [1.807, 2.05) is 6.92 Å². The first-order chi connectivity index (χ1) is 13.5. The first-order valence-corrected chi connectivity index (χ1v) is 10.1. The Kier molecular flexibility index (Phi) is 11.0. The molecule has 7 heteroatoms. The number of methoxy groups -OCH3 is 1. The van der Waals surface area contributed by atoms with Gasteiger partial charge in [0.1, 0.15) is 5.75 Å². The number of ether oxygens (including phenoxy) is 1. The van der Waals surface area contributed by atoms with Crippen LogP contribution in [0.25, 0.3) is 0 Å². The predicted molar refractivity (Wildman–Crippen MR) is 114 cm³/mol. The van der Waals surface area contributed by atoms with Crippen molar-refractivity contribution < 1.29 is 14.6 Å². The highest BCUT2D eigenvalue weighted by atomic mass is 16.5. The first kappa shape index (κ1) is 23.8. The van der Waals surface area contributed by atoms with Crippen molar-refractivity contribution in [3.63, 3.8) is 0 Å². The van der Waals surface area contributed by atoms with Crippen LogP contribution in [-0.2, 0) is 0 Å². The molecule has 1 aromatic rings. The molecule has 0 radical (unpaired) electrons. The van der Waals surface area contributed by atoms with E-state index in [9.17, 15) is 9.90 Å². The first-order valence-electron chi connectivity index (χ1n) is 10.1. The molecule has 1 amide bonds. The van der Waals surface area contributed by atoms with Gasteiger partial charge in [0.05, 0.1) is 7.11 Å². The molecule has 28 heavy (non-hydrogen) atoms. The van der Waals surface area contributed by atoms with Gasteiger partial charge in [-0.25, -0.2) is 0 Å². The highest BCUT2D eigenvalue weighted by Crippen LogP contribution is 2.30. The topological polar surface area (TPSA) is 95.0 Å². The van der Waals surface area contributed by atoms with Gasteiger partial charge in [0.15, 0.2) is 5.96 Å².